The van der Waals surface area contributed by atoms with Crippen molar-refractivity contribution in [3.63, 3.8) is 0 Å². The van der Waals surface area contributed by atoms with Gasteiger partial charge in [-0.15, -0.1) is 0 Å². The van der Waals surface area contributed by atoms with Crippen LogP contribution >= 0.6 is 0 Å². The molecule has 0 saturated heterocycles. The van der Waals surface area contributed by atoms with Crippen molar-refractivity contribution in [3.05, 3.63) is 61.7 Å². The Kier molecular flexibility index (Phi) is 6.66. The minimum absolute atomic E-state index is 0.136. The molecule has 2 aliphatic heterocycles. The van der Waals surface area contributed by atoms with Crippen molar-refractivity contribution in [2.75, 3.05) is 6.61 Å². The third-order valence-corrected chi connectivity index (χ3v) is 8.02. The first-order valence-corrected chi connectivity index (χ1v) is 13.5. The van der Waals surface area contributed by atoms with Gasteiger partial charge in [0.1, 0.15) is 19.0 Å². The molecule has 41 heavy (non-hydrogen) atoms. The van der Waals surface area contributed by atoms with Crippen molar-refractivity contribution >= 4 is 34.8 Å². The lowest BCUT2D eigenvalue weighted by Crippen LogP contribution is -2.32. The fourth-order valence-corrected chi connectivity index (χ4v) is 5.98. The Morgan fingerprint density at radius 3 is 2.80 bits per heavy atom. The summed E-state index contributed by atoms with van der Waals surface area (Å²) in [7, 11) is 0. The monoisotopic (exact) mass is 561 g/mol. The number of fused-ring (bicyclic) bond motifs is 5. The highest BCUT2D eigenvalue weighted by Crippen LogP contribution is 2.45. The first kappa shape index (κ1) is 27.1. The molecule has 2 aromatic heterocycles. The first-order chi connectivity index (χ1) is 19.5. The number of hydrogen-bond donors (Lipinski definition) is 1. The molecule has 1 unspecified atom stereocenters. The molecule has 212 valence electrons. The van der Waals surface area contributed by atoms with E-state index in [9.17, 15) is 28.7 Å². The summed E-state index contributed by atoms with van der Waals surface area (Å²) in [5.41, 5.74) is 4.09. The Hall–Kier alpha value is -4.09. The zero-order valence-electron chi connectivity index (χ0n) is 22.8. The van der Waals surface area contributed by atoms with Crippen LogP contribution in [0, 0.1) is 12.7 Å². The largest absolute Gasteiger partial charge is 0.458 e. The quantitative estimate of drug-likeness (QED) is 0.216. The van der Waals surface area contributed by atoms with Crippen LogP contribution in [0.1, 0.15) is 72.1 Å². The molecule has 2 atom stereocenters. The third-order valence-electron chi connectivity index (χ3n) is 8.02. The summed E-state index contributed by atoms with van der Waals surface area (Å²) in [6.45, 7) is 5.07. The van der Waals surface area contributed by atoms with Crippen molar-refractivity contribution in [3.8, 4) is 11.4 Å². The zero-order valence-corrected chi connectivity index (χ0v) is 22.8. The van der Waals surface area contributed by atoms with Gasteiger partial charge in [-0.3, -0.25) is 14.4 Å². The van der Waals surface area contributed by atoms with Gasteiger partial charge in [-0.1, -0.05) is 0 Å². The number of esters is 1. The van der Waals surface area contributed by atoms with E-state index in [1.54, 1.807) is 26.8 Å². The van der Waals surface area contributed by atoms with Crippen LogP contribution in [-0.4, -0.2) is 51.2 Å². The maximum absolute atomic E-state index is 15.0. The number of hydrogen-bond acceptors (Lipinski definition) is 8. The van der Waals surface area contributed by atoms with Crippen LogP contribution in [0.3, 0.4) is 0 Å². The molecule has 1 aromatic carbocycles. The van der Waals surface area contributed by atoms with Crippen LogP contribution in [0.2, 0.25) is 0 Å². The molecule has 1 amide bonds. The number of aliphatic hydroxyl groups is 1. The Bertz CT molecular complexity index is 1760. The SMILES string of the molecule is Cc1c(F)cc2nc3c(c4c2c1CCC4C=NC(=O)CC(=O)COC(C)C)Cn1c-3cc2c(c1=O)COC(=O)[C@H]2O. The van der Waals surface area contributed by atoms with Crippen LogP contribution in [0.15, 0.2) is 21.9 Å². The number of carbonyl (C=O) groups excluding carboxylic acids is 3. The van der Waals surface area contributed by atoms with Gasteiger partial charge in [-0.2, -0.15) is 0 Å². The number of ether oxygens (including phenoxy) is 2. The highest BCUT2D eigenvalue weighted by atomic mass is 19.1. The number of Topliss-reactive ketones (excluding diaryl/α,β-unsaturated/α-hetero) is 1. The van der Waals surface area contributed by atoms with Crippen molar-refractivity contribution in [2.24, 2.45) is 4.99 Å². The highest BCUT2D eigenvalue weighted by molar-refractivity contribution is 6.03. The molecule has 11 heteroatoms. The number of nitrogens with zero attached hydrogens (tertiary/aromatic N) is 3. The number of rotatable bonds is 6. The number of aliphatic hydroxyl groups excluding tert-OH is 1. The Balaban J connectivity index is 1.46. The molecule has 0 radical (unpaired) electrons. The summed E-state index contributed by atoms with van der Waals surface area (Å²) >= 11 is 0. The third kappa shape index (κ3) is 4.49. The molecule has 0 bridgehead atoms. The summed E-state index contributed by atoms with van der Waals surface area (Å²) in [6, 6.07) is 2.94. The average molecular weight is 562 g/mol. The van der Waals surface area contributed by atoms with Gasteiger partial charge in [0.05, 0.1) is 41.5 Å². The van der Waals surface area contributed by atoms with E-state index in [0.717, 1.165) is 22.1 Å². The lowest BCUT2D eigenvalue weighted by molar-refractivity contribution is -0.157. The number of aryl methyl sites for hydroxylation is 1. The van der Waals surface area contributed by atoms with Gasteiger partial charge in [0, 0.05) is 34.7 Å². The number of benzene rings is 1. The van der Waals surface area contributed by atoms with Gasteiger partial charge in [0.2, 0.25) is 0 Å². The number of aliphatic imine (C=N–C) groups is 1. The van der Waals surface area contributed by atoms with Crippen LogP contribution in [-0.2, 0) is 43.4 Å². The van der Waals surface area contributed by atoms with Crippen molar-refractivity contribution < 1.29 is 33.4 Å². The lowest BCUT2D eigenvalue weighted by Gasteiger charge is -2.27. The molecular weight excluding hydrogens is 533 g/mol. The summed E-state index contributed by atoms with van der Waals surface area (Å²) < 4.78 is 26.7. The number of ketones is 1. The van der Waals surface area contributed by atoms with E-state index < -0.39 is 29.4 Å². The standard InChI is InChI=1S/C30H28FN3O7/c1-13(2)40-11-16(35)6-24(36)32-9-15-4-5-17-14(3)21(31)8-22-26(17)25(15)19-10-34-23(27(19)33-22)7-18-20(29(34)38)12-41-30(39)28(18)37/h7-9,13,15,28,37H,4-6,10-12H2,1-3H3/t15?,28-/m0/s1. The van der Waals surface area contributed by atoms with Gasteiger partial charge >= 0.3 is 5.97 Å². The maximum Gasteiger partial charge on any atom is 0.340 e. The van der Waals surface area contributed by atoms with E-state index in [4.69, 9.17) is 14.5 Å². The summed E-state index contributed by atoms with van der Waals surface area (Å²) in [5.74, 6) is -2.53. The first-order valence-electron chi connectivity index (χ1n) is 13.5. The number of carbonyl (C=O) groups is 3. The minimum atomic E-state index is -1.59. The minimum Gasteiger partial charge on any atom is -0.458 e. The molecule has 1 N–H and O–H groups in total. The maximum atomic E-state index is 15.0. The molecule has 10 nitrogen and oxygen atoms in total. The molecule has 6 rings (SSSR count). The Labute approximate surface area is 233 Å². The van der Waals surface area contributed by atoms with Crippen molar-refractivity contribution in [1.82, 2.24) is 9.55 Å². The predicted molar refractivity (Wildman–Crippen MR) is 145 cm³/mol. The molecule has 0 saturated carbocycles. The van der Waals surface area contributed by atoms with Gasteiger partial charge in [0.15, 0.2) is 11.9 Å². The second-order valence-electron chi connectivity index (χ2n) is 11.0. The van der Waals surface area contributed by atoms with Crippen LogP contribution in [0.5, 0.6) is 0 Å². The summed E-state index contributed by atoms with van der Waals surface area (Å²) in [4.78, 5) is 59.0. The average Bonchev–Trinajstić information content (AvgIpc) is 3.30. The zero-order chi connectivity index (χ0) is 29.2. The van der Waals surface area contributed by atoms with E-state index >= 15 is 0 Å². The molecule has 0 spiro atoms. The number of pyridine rings is 2. The van der Waals surface area contributed by atoms with E-state index in [2.05, 4.69) is 4.99 Å². The van der Waals surface area contributed by atoms with Crippen LogP contribution in [0.4, 0.5) is 4.39 Å². The number of amides is 1. The molecule has 1 aliphatic carbocycles. The van der Waals surface area contributed by atoms with E-state index in [0.29, 0.717) is 35.3 Å². The number of halogens is 1. The van der Waals surface area contributed by atoms with Crippen LogP contribution < -0.4 is 5.56 Å². The second kappa shape index (κ2) is 10.1. The van der Waals surface area contributed by atoms with E-state index in [1.807, 2.05) is 0 Å². The number of aromatic nitrogens is 2. The lowest BCUT2D eigenvalue weighted by atomic mass is 9.78. The predicted octanol–water partition coefficient (Wildman–Crippen LogP) is 2.97. The van der Waals surface area contributed by atoms with Gasteiger partial charge in [-0.05, 0) is 56.4 Å². The molecule has 3 aliphatic rings. The van der Waals surface area contributed by atoms with Gasteiger partial charge in [0.25, 0.3) is 11.5 Å². The van der Waals surface area contributed by atoms with E-state index in [-0.39, 0.29) is 55.1 Å². The van der Waals surface area contributed by atoms with Gasteiger partial charge in [-0.25, -0.2) is 19.2 Å². The molecule has 3 aromatic rings. The van der Waals surface area contributed by atoms with Crippen molar-refractivity contribution in [1.29, 1.82) is 0 Å². The molecular formula is C30H28FN3O7. The fraction of sp³-hybridized carbons (Fsp3) is 0.400. The smallest absolute Gasteiger partial charge is 0.340 e. The second-order valence-corrected chi connectivity index (χ2v) is 11.0. The molecule has 0 fully saturated rings. The normalized spacial score (nSPS) is 18.9. The fourth-order valence-electron chi connectivity index (χ4n) is 5.98. The van der Waals surface area contributed by atoms with E-state index in [1.165, 1.54) is 16.8 Å². The van der Waals surface area contributed by atoms with Gasteiger partial charge < -0.3 is 19.1 Å². The number of cyclic esters (lactones) is 1. The van der Waals surface area contributed by atoms with Crippen LogP contribution in [0.25, 0.3) is 22.3 Å². The Morgan fingerprint density at radius 2 is 2.05 bits per heavy atom. The summed E-state index contributed by atoms with van der Waals surface area (Å²) in [5, 5.41) is 11.2. The topological polar surface area (TPSA) is 137 Å². The summed E-state index contributed by atoms with van der Waals surface area (Å²) in [6.07, 6.45) is 0.493. The Morgan fingerprint density at radius 1 is 1.27 bits per heavy atom. The van der Waals surface area contributed by atoms with Crippen molar-refractivity contribution in [2.45, 2.75) is 71.3 Å². The highest BCUT2D eigenvalue weighted by Gasteiger charge is 2.37. The molecule has 4 heterocycles.